The summed E-state index contributed by atoms with van der Waals surface area (Å²) in [6.45, 7) is 2.48. The largest absolute Gasteiger partial charge is 0.327 e. The van der Waals surface area contributed by atoms with Crippen molar-refractivity contribution in [2.75, 3.05) is 6.54 Å². The highest BCUT2D eigenvalue weighted by atomic mass is 16.2. The SMILES string of the molecule is Cc1cnc(C(=O)N2CCCC2c2nc3ccccc3c(=O)n2C2CCCC2)cn1. The molecule has 2 aromatic heterocycles. The molecule has 0 spiro atoms. The molecule has 2 fully saturated rings. The number of amides is 1. The third kappa shape index (κ3) is 3.18. The number of carbonyl (C=O) groups is 1. The Morgan fingerprint density at radius 3 is 2.60 bits per heavy atom. The second kappa shape index (κ2) is 7.63. The maximum Gasteiger partial charge on any atom is 0.274 e. The van der Waals surface area contributed by atoms with Crippen LogP contribution in [0.15, 0.2) is 41.5 Å². The molecule has 3 heterocycles. The highest BCUT2D eigenvalue weighted by Gasteiger charge is 2.36. The molecule has 5 rings (SSSR count). The number of benzene rings is 1. The first-order valence-electron chi connectivity index (χ1n) is 10.7. The first kappa shape index (κ1) is 18.9. The summed E-state index contributed by atoms with van der Waals surface area (Å²) < 4.78 is 1.90. The molecule has 7 nitrogen and oxygen atoms in total. The highest BCUT2D eigenvalue weighted by molar-refractivity contribution is 5.92. The average molecular weight is 403 g/mol. The van der Waals surface area contributed by atoms with Crippen molar-refractivity contribution < 1.29 is 4.79 Å². The summed E-state index contributed by atoms with van der Waals surface area (Å²) in [6.07, 6.45) is 9.02. The molecule has 1 aliphatic carbocycles. The monoisotopic (exact) mass is 403 g/mol. The van der Waals surface area contributed by atoms with E-state index in [2.05, 4.69) is 9.97 Å². The van der Waals surface area contributed by atoms with Gasteiger partial charge < -0.3 is 4.90 Å². The van der Waals surface area contributed by atoms with Gasteiger partial charge in [0.1, 0.15) is 11.5 Å². The van der Waals surface area contributed by atoms with Crippen LogP contribution >= 0.6 is 0 Å². The van der Waals surface area contributed by atoms with Crippen molar-refractivity contribution in [2.24, 2.45) is 0 Å². The predicted molar refractivity (Wildman–Crippen MR) is 113 cm³/mol. The van der Waals surface area contributed by atoms with Gasteiger partial charge >= 0.3 is 0 Å². The van der Waals surface area contributed by atoms with Crippen molar-refractivity contribution >= 4 is 16.8 Å². The molecule has 3 aromatic rings. The van der Waals surface area contributed by atoms with Crippen molar-refractivity contribution in [2.45, 2.75) is 57.5 Å². The molecular weight excluding hydrogens is 378 g/mol. The molecule has 1 aromatic carbocycles. The van der Waals surface area contributed by atoms with E-state index in [-0.39, 0.29) is 23.6 Å². The molecule has 1 saturated heterocycles. The van der Waals surface area contributed by atoms with Crippen LogP contribution in [0.1, 0.15) is 72.6 Å². The maximum absolute atomic E-state index is 13.5. The van der Waals surface area contributed by atoms with Crippen LogP contribution in [-0.2, 0) is 0 Å². The van der Waals surface area contributed by atoms with Gasteiger partial charge in [0.05, 0.1) is 28.8 Å². The summed E-state index contributed by atoms with van der Waals surface area (Å²) >= 11 is 0. The molecule has 0 N–H and O–H groups in total. The number of aryl methyl sites for hydroxylation is 1. The Labute approximate surface area is 174 Å². The van der Waals surface area contributed by atoms with Crippen LogP contribution in [0.4, 0.5) is 0 Å². The lowest BCUT2D eigenvalue weighted by Gasteiger charge is -2.28. The van der Waals surface area contributed by atoms with Gasteiger partial charge in [-0.05, 0) is 44.7 Å². The van der Waals surface area contributed by atoms with Gasteiger partial charge in [0.2, 0.25) is 0 Å². The quantitative estimate of drug-likeness (QED) is 0.668. The van der Waals surface area contributed by atoms with Crippen LogP contribution in [0.25, 0.3) is 10.9 Å². The van der Waals surface area contributed by atoms with Crippen molar-refractivity contribution in [3.8, 4) is 0 Å². The summed E-state index contributed by atoms with van der Waals surface area (Å²) in [6, 6.07) is 7.44. The Bertz CT molecular complexity index is 1150. The Hall–Kier alpha value is -3.09. The van der Waals surface area contributed by atoms with Gasteiger partial charge in [-0.1, -0.05) is 25.0 Å². The van der Waals surface area contributed by atoms with Gasteiger partial charge in [0, 0.05) is 18.8 Å². The molecular formula is C23H25N5O2. The number of rotatable bonds is 3. The van der Waals surface area contributed by atoms with Crippen molar-refractivity contribution in [3.05, 3.63) is 64.2 Å². The van der Waals surface area contributed by atoms with E-state index in [1.165, 1.54) is 6.20 Å². The van der Waals surface area contributed by atoms with E-state index in [4.69, 9.17) is 4.98 Å². The zero-order valence-electron chi connectivity index (χ0n) is 17.1. The van der Waals surface area contributed by atoms with E-state index in [0.29, 0.717) is 23.1 Å². The summed E-state index contributed by atoms with van der Waals surface area (Å²) in [4.78, 5) is 42.0. The Morgan fingerprint density at radius 2 is 1.83 bits per heavy atom. The van der Waals surface area contributed by atoms with Gasteiger partial charge in [0.25, 0.3) is 11.5 Å². The van der Waals surface area contributed by atoms with Crippen molar-refractivity contribution in [1.82, 2.24) is 24.4 Å². The number of carbonyl (C=O) groups excluding carboxylic acids is 1. The number of hydrogen-bond acceptors (Lipinski definition) is 5. The van der Waals surface area contributed by atoms with Crippen LogP contribution < -0.4 is 5.56 Å². The number of fused-ring (bicyclic) bond motifs is 1. The molecule has 1 saturated carbocycles. The van der Waals surface area contributed by atoms with Gasteiger partial charge in [0.15, 0.2) is 0 Å². The minimum Gasteiger partial charge on any atom is -0.327 e. The minimum absolute atomic E-state index is 0.0110. The molecule has 1 aliphatic heterocycles. The summed E-state index contributed by atoms with van der Waals surface area (Å²) in [5.41, 5.74) is 1.82. The van der Waals surface area contributed by atoms with E-state index in [1.807, 2.05) is 40.7 Å². The molecule has 1 unspecified atom stereocenters. The Balaban J connectivity index is 1.62. The van der Waals surface area contributed by atoms with Crippen LogP contribution in [0, 0.1) is 6.92 Å². The minimum atomic E-state index is -0.224. The zero-order chi connectivity index (χ0) is 20.7. The normalized spacial score (nSPS) is 19.6. The van der Waals surface area contributed by atoms with Gasteiger partial charge in [-0.3, -0.25) is 19.1 Å². The van der Waals surface area contributed by atoms with E-state index < -0.39 is 0 Å². The summed E-state index contributed by atoms with van der Waals surface area (Å²) in [5, 5.41) is 0.647. The fourth-order valence-electron chi connectivity index (χ4n) is 4.84. The van der Waals surface area contributed by atoms with E-state index in [1.54, 1.807) is 6.20 Å². The molecule has 154 valence electrons. The smallest absolute Gasteiger partial charge is 0.274 e. The number of hydrogen-bond donors (Lipinski definition) is 0. The fourth-order valence-corrected chi connectivity index (χ4v) is 4.84. The van der Waals surface area contributed by atoms with Crippen molar-refractivity contribution in [3.63, 3.8) is 0 Å². The van der Waals surface area contributed by atoms with Crippen LogP contribution in [0.5, 0.6) is 0 Å². The molecule has 2 aliphatic rings. The summed E-state index contributed by atoms with van der Waals surface area (Å²) in [7, 11) is 0. The lowest BCUT2D eigenvalue weighted by molar-refractivity contribution is 0.0718. The standard InChI is InChI=1S/C23H25N5O2/c1-15-13-25-19(14-24-15)23(30)27-12-6-11-20(27)21-26-18-10-5-4-9-17(18)22(29)28(21)16-7-2-3-8-16/h4-5,9-10,13-14,16,20H,2-3,6-8,11-12H2,1H3. The molecule has 1 amide bonds. The third-order valence-electron chi connectivity index (χ3n) is 6.34. The van der Waals surface area contributed by atoms with Crippen LogP contribution in [0.3, 0.4) is 0 Å². The molecule has 7 heteroatoms. The second-order valence-corrected chi connectivity index (χ2v) is 8.30. The number of likely N-dealkylation sites (tertiary alicyclic amines) is 1. The average Bonchev–Trinajstić information content (AvgIpc) is 3.46. The molecule has 30 heavy (non-hydrogen) atoms. The second-order valence-electron chi connectivity index (χ2n) is 8.30. The Morgan fingerprint density at radius 1 is 1.03 bits per heavy atom. The first-order valence-corrected chi connectivity index (χ1v) is 10.7. The topological polar surface area (TPSA) is 81.0 Å². The van der Waals surface area contributed by atoms with Gasteiger partial charge in [-0.25, -0.2) is 9.97 Å². The van der Waals surface area contributed by atoms with Gasteiger partial charge in [-0.15, -0.1) is 0 Å². The van der Waals surface area contributed by atoms with Crippen molar-refractivity contribution in [1.29, 1.82) is 0 Å². The zero-order valence-corrected chi connectivity index (χ0v) is 17.1. The maximum atomic E-state index is 13.5. The number of para-hydroxylation sites is 1. The molecule has 0 bridgehead atoms. The highest BCUT2D eigenvalue weighted by Crippen LogP contribution is 2.36. The fraction of sp³-hybridized carbons (Fsp3) is 0.435. The molecule has 0 radical (unpaired) electrons. The van der Waals surface area contributed by atoms with Crippen LogP contribution in [-0.4, -0.2) is 36.9 Å². The number of aromatic nitrogens is 4. The molecule has 1 atom stereocenters. The lowest BCUT2D eigenvalue weighted by atomic mass is 10.1. The first-order chi connectivity index (χ1) is 14.6. The number of nitrogens with zero attached hydrogens (tertiary/aromatic N) is 5. The van der Waals surface area contributed by atoms with Gasteiger partial charge in [-0.2, -0.15) is 0 Å². The van der Waals surface area contributed by atoms with E-state index in [9.17, 15) is 9.59 Å². The lowest BCUT2D eigenvalue weighted by Crippen LogP contribution is -2.37. The Kier molecular flexibility index (Phi) is 4.81. The van der Waals surface area contributed by atoms with E-state index >= 15 is 0 Å². The summed E-state index contributed by atoms with van der Waals surface area (Å²) in [5.74, 6) is 0.571. The predicted octanol–water partition coefficient (Wildman–Crippen LogP) is 3.59. The van der Waals surface area contributed by atoms with E-state index in [0.717, 1.165) is 50.0 Å². The third-order valence-corrected chi connectivity index (χ3v) is 6.34. The van der Waals surface area contributed by atoms with Crippen LogP contribution in [0.2, 0.25) is 0 Å².